The molecule has 0 radical (unpaired) electrons. The zero-order valence-electron chi connectivity index (χ0n) is 16.4. The lowest BCUT2D eigenvalue weighted by Gasteiger charge is -2.22. The molecule has 0 heterocycles. The van der Waals surface area contributed by atoms with Gasteiger partial charge in [0.2, 0.25) is 0 Å². The van der Waals surface area contributed by atoms with Gasteiger partial charge in [0.05, 0.1) is 7.11 Å². The molecular weight excluding hydrogens is 328 g/mol. The molecule has 0 aromatic carbocycles. The largest absolute Gasteiger partial charge is 0.467 e. The van der Waals surface area contributed by atoms with Crippen molar-refractivity contribution in [2.45, 2.75) is 78.0 Å². The van der Waals surface area contributed by atoms with Crippen molar-refractivity contribution >= 4 is 18.2 Å². The summed E-state index contributed by atoms with van der Waals surface area (Å²) in [5, 5.41) is 5.15. The first kappa shape index (κ1) is 23.0. The standard InChI is InChI=1S/C17H32N2O6/c1-16(2,3)24-14(21)18-11-9-8-10-12(13(20)23-7)19-15(22)25-17(4,5)6/h12H,8-11H2,1-7H3,(H,18,21)(H,19,22)/t12-/m0/s1. The first-order chi connectivity index (χ1) is 11.3. The zero-order valence-corrected chi connectivity index (χ0v) is 16.4. The monoisotopic (exact) mass is 360 g/mol. The Hall–Kier alpha value is -1.99. The fourth-order valence-electron chi connectivity index (χ4n) is 1.82. The van der Waals surface area contributed by atoms with Crippen LogP contribution in [0, 0.1) is 0 Å². The number of amides is 2. The molecule has 8 nitrogen and oxygen atoms in total. The minimum Gasteiger partial charge on any atom is -0.467 e. The van der Waals surface area contributed by atoms with Crippen LogP contribution in [0.2, 0.25) is 0 Å². The average molecular weight is 360 g/mol. The molecule has 0 unspecified atom stereocenters. The van der Waals surface area contributed by atoms with Crippen molar-refractivity contribution in [2.24, 2.45) is 0 Å². The van der Waals surface area contributed by atoms with Gasteiger partial charge in [-0.1, -0.05) is 0 Å². The molecule has 8 heteroatoms. The quantitative estimate of drug-likeness (QED) is 0.411. The maximum Gasteiger partial charge on any atom is 0.408 e. The lowest BCUT2D eigenvalue weighted by molar-refractivity contribution is -0.143. The third-order valence-corrected chi connectivity index (χ3v) is 2.76. The van der Waals surface area contributed by atoms with E-state index < -0.39 is 35.4 Å². The van der Waals surface area contributed by atoms with Crippen LogP contribution in [0.25, 0.3) is 0 Å². The van der Waals surface area contributed by atoms with E-state index in [0.29, 0.717) is 25.8 Å². The molecule has 0 rings (SSSR count). The number of methoxy groups -OCH3 is 1. The van der Waals surface area contributed by atoms with Gasteiger partial charge < -0.3 is 24.8 Å². The minimum absolute atomic E-state index is 0.377. The van der Waals surface area contributed by atoms with Gasteiger partial charge in [-0.3, -0.25) is 0 Å². The summed E-state index contributed by atoms with van der Waals surface area (Å²) in [6, 6.07) is -0.790. The van der Waals surface area contributed by atoms with Crippen molar-refractivity contribution in [1.82, 2.24) is 10.6 Å². The van der Waals surface area contributed by atoms with Crippen LogP contribution < -0.4 is 10.6 Å². The molecule has 1 atom stereocenters. The molecule has 0 aliphatic rings. The summed E-state index contributed by atoms with van der Waals surface area (Å²) < 4.78 is 15.0. The molecule has 0 aromatic heterocycles. The highest BCUT2D eigenvalue weighted by atomic mass is 16.6. The molecule has 2 amide bonds. The predicted octanol–water partition coefficient (Wildman–Crippen LogP) is 2.75. The Morgan fingerprint density at radius 2 is 1.40 bits per heavy atom. The number of unbranched alkanes of at least 4 members (excludes halogenated alkanes) is 1. The molecule has 25 heavy (non-hydrogen) atoms. The van der Waals surface area contributed by atoms with Gasteiger partial charge in [-0.25, -0.2) is 14.4 Å². The number of hydrogen-bond acceptors (Lipinski definition) is 6. The maximum absolute atomic E-state index is 11.8. The molecule has 0 bridgehead atoms. The molecule has 0 aliphatic carbocycles. The van der Waals surface area contributed by atoms with E-state index in [1.54, 1.807) is 41.5 Å². The number of alkyl carbamates (subject to hydrolysis) is 2. The smallest absolute Gasteiger partial charge is 0.408 e. The minimum atomic E-state index is -0.790. The third kappa shape index (κ3) is 13.0. The normalized spacial score (nSPS) is 12.8. The summed E-state index contributed by atoms with van der Waals surface area (Å²) >= 11 is 0. The van der Waals surface area contributed by atoms with Crippen molar-refractivity contribution in [3.8, 4) is 0 Å². The SMILES string of the molecule is COC(=O)[C@H](CCCCNC(=O)OC(C)(C)C)NC(=O)OC(C)(C)C. The number of esters is 1. The highest BCUT2D eigenvalue weighted by Gasteiger charge is 2.24. The van der Waals surface area contributed by atoms with Crippen LogP contribution >= 0.6 is 0 Å². The summed E-state index contributed by atoms with van der Waals surface area (Å²) in [5.74, 6) is -0.536. The number of carbonyl (C=O) groups is 3. The topological polar surface area (TPSA) is 103 Å². The van der Waals surface area contributed by atoms with E-state index in [-0.39, 0.29) is 0 Å². The van der Waals surface area contributed by atoms with Crippen LogP contribution in [-0.4, -0.2) is 49.1 Å². The third-order valence-electron chi connectivity index (χ3n) is 2.76. The lowest BCUT2D eigenvalue weighted by Crippen LogP contribution is -2.44. The molecule has 0 saturated carbocycles. The molecule has 0 saturated heterocycles. The van der Waals surface area contributed by atoms with Gasteiger partial charge >= 0.3 is 18.2 Å². The molecule has 0 aliphatic heterocycles. The highest BCUT2D eigenvalue weighted by Crippen LogP contribution is 2.09. The van der Waals surface area contributed by atoms with Crippen LogP contribution in [0.3, 0.4) is 0 Å². The molecular formula is C17H32N2O6. The van der Waals surface area contributed by atoms with Crippen molar-refractivity contribution in [2.75, 3.05) is 13.7 Å². The Labute approximate surface area is 150 Å². The summed E-state index contributed by atoms with van der Waals surface area (Å²) in [4.78, 5) is 35.1. The van der Waals surface area contributed by atoms with E-state index in [2.05, 4.69) is 10.6 Å². The average Bonchev–Trinajstić information content (AvgIpc) is 2.40. The van der Waals surface area contributed by atoms with Crippen molar-refractivity contribution in [3.63, 3.8) is 0 Å². The van der Waals surface area contributed by atoms with Crippen molar-refractivity contribution in [1.29, 1.82) is 0 Å². The second-order valence-corrected chi connectivity index (χ2v) is 7.65. The predicted molar refractivity (Wildman–Crippen MR) is 93.3 cm³/mol. The zero-order chi connectivity index (χ0) is 19.7. The van der Waals surface area contributed by atoms with Gasteiger partial charge in [-0.15, -0.1) is 0 Å². The molecule has 0 fully saturated rings. The van der Waals surface area contributed by atoms with Gasteiger partial charge in [0.1, 0.15) is 17.2 Å². The first-order valence-corrected chi connectivity index (χ1v) is 8.38. The highest BCUT2D eigenvalue weighted by molar-refractivity contribution is 5.81. The fourth-order valence-corrected chi connectivity index (χ4v) is 1.82. The second kappa shape index (κ2) is 10.1. The van der Waals surface area contributed by atoms with Gasteiger partial charge in [-0.2, -0.15) is 0 Å². The van der Waals surface area contributed by atoms with Gasteiger partial charge in [0.25, 0.3) is 0 Å². The van der Waals surface area contributed by atoms with E-state index in [1.807, 2.05) is 0 Å². The summed E-state index contributed by atoms with van der Waals surface area (Å²) in [5.41, 5.74) is -1.19. The van der Waals surface area contributed by atoms with Gasteiger partial charge in [-0.05, 0) is 60.8 Å². The fraction of sp³-hybridized carbons (Fsp3) is 0.824. The Bertz CT molecular complexity index is 451. The second-order valence-electron chi connectivity index (χ2n) is 7.65. The number of carbonyl (C=O) groups excluding carboxylic acids is 3. The summed E-state index contributed by atoms with van der Waals surface area (Å²) in [6.07, 6.45) is 0.453. The lowest BCUT2D eigenvalue weighted by atomic mass is 10.1. The summed E-state index contributed by atoms with van der Waals surface area (Å²) in [7, 11) is 1.26. The van der Waals surface area contributed by atoms with Crippen LogP contribution in [0.5, 0.6) is 0 Å². The van der Waals surface area contributed by atoms with E-state index in [0.717, 1.165) is 0 Å². The Morgan fingerprint density at radius 1 is 0.880 bits per heavy atom. The maximum atomic E-state index is 11.8. The Balaban J connectivity index is 4.23. The van der Waals surface area contributed by atoms with Crippen LogP contribution in [0.1, 0.15) is 60.8 Å². The van der Waals surface area contributed by atoms with Crippen LogP contribution in [-0.2, 0) is 19.0 Å². The Morgan fingerprint density at radius 3 is 1.88 bits per heavy atom. The van der Waals surface area contributed by atoms with Gasteiger partial charge in [0.15, 0.2) is 0 Å². The molecule has 0 aromatic rings. The molecule has 2 N–H and O–H groups in total. The number of ether oxygens (including phenoxy) is 3. The number of rotatable bonds is 7. The van der Waals surface area contributed by atoms with Crippen molar-refractivity contribution in [3.05, 3.63) is 0 Å². The number of hydrogen-bond donors (Lipinski definition) is 2. The van der Waals surface area contributed by atoms with Gasteiger partial charge in [0, 0.05) is 6.54 Å². The van der Waals surface area contributed by atoms with Crippen LogP contribution in [0.4, 0.5) is 9.59 Å². The first-order valence-electron chi connectivity index (χ1n) is 8.38. The summed E-state index contributed by atoms with van der Waals surface area (Å²) in [6.45, 7) is 11.0. The molecule has 0 spiro atoms. The van der Waals surface area contributed by atoms with E-state index in [4.69, 9.17) is 14.2 Å². The van der Waals surface area contributed by atoms with E-state index in [1.165, 1.54) is 7.11 Å². The van der Waals surface area contributed by atoms with E-state index >= 15 is 0 Å². The van der Waals surface area contributed by atoms with Crippen LogP contribution in [0.15, 0.2) is 0 Å². The Kier molecular flexibility index (Phi) is 9.30. The van der Waals surface area contributed by atoms with E-state index in [9.17, 15) is 14.4 Å². The number of nitrogens with one attached hydrogen (secondary N) is 2. The van der Waals surface area contributed by atoms with Crippen molar-refractivity contribution < 1.29 is 28.6 Å². The molecule has 146 valence electrons.